The molecule has 0 aliphatic carbocycles. The second kappa shape index (κ2) is 9.23. The number of carbonyl (C=O) groups is 2. The number of halogens is 1. The minimum absolute atomic E-state index is 0.255. The predicted octanol–water partition coefficient (Wildman–Crippen LogP) is 6.55. The Kier molecular flexibility index (Phi) is 6.48. The summed E-state index contributed by atoms with van der Waals surface area (Å²) >= 11 is 6.38. The van der Waals surface area contributed by atoms with Crippen molar-refractivity contribution in [3.8, 4) is 5.69 Å². The number of hydrogen-bond acceptors (Lipinski definition) is 3. The van der Waals surface area contributed by atoms with Gasteiger partial charge < -0.3 is 9.30 Å². The van der Waals surface area contributed by atoms with E-state index in [1.54, 1.807) is 17.9 Å². The van der Waals surface area contributed by atoms with Crippen molar-refractivity contribution in [2.75, 3.05) is 12.0 Å². The van der Waals surface area contributed by atoms with Crippen molar-refractivity contribution in [3.63, 3.8) is 0 Å². The number of aryl methyl sites for hydroxylation is 4. The van der Waals surface area contributed by atoms with Gasteiger partial charge in [-0.05, 0) is 100 Å². The lowest BCUT2D eigenvalue weighted by molar-refractivity contribution is -0.136. The van der Waals surface area contributed by atoms with E-state index in [9.17, 15) is 9.59 Å². The molecule has 0 bridgehead atoms. The van der Waals surface area contributed by atoms with E-state index >= 15 is 0 Å². The SMILES string of the molecule is COC(=O)C1=C(C)N(c2ccc(C)c(C)c2)C(=O)/C1=C\c1cc(C)n(-c2ccc(C)c(Cl)c2)c1C. The fraction of sp³-hybridized carbons (Fsp3) is 0.241. The Hall–Kier alpha value is -3.57. The zero-order chi connectivity index (χ0) is 25.6. The van der Waals surface area contributed by atoms with Crippen molar-refractivity contribution in [1.82, 2.24) is 4.57 Å². The fourth-order valence-corrected chi connectivity index (χ4v) is 4.74. The number of benzene rings is 2. The smallest absolute Gasteiger partial charge is 0.340 e. The van der Waals surface area contributed by atoms with Crippen LogP contribution in [0.1, 0.15) is 40.6 Å². The lowest BCUT2D eigenvalue weighted by atomic mass is 10.0. The average molecular weight is 489 g/mol. The predicted molar refractivity (Wildman–Crippen MR) is 141 cm³/mol. The molecule has 1 aliphatic rings. The number of amides is 1. The van der Waals surface area contributed by atoms with Crippen LogP contribution in [0.3, 0.4) is 0 Å². The van der Waals surface area contributed by atoms with Crippen LogP contribution in [-0.4, -0.2) is 23.6 Å². The molecule has 2 heterocycles. The lowest BCUT2D eigenvalue weighted by Crippen LogP contribution is -2.24. The van der Waals surface area contributed by atoms with Crippen LogP contribution in [0.2, 0.25) is 5.02 Å². The number of anilines is 1. The minimum Gasteiger partial charge on any atom is -0.465 e. The van der Waals surface area contributed by atoms with Crippen LogP contribution in [0.5, 0.6) is 0 Å². The summed E-state index contributed by atoms with van der Waals surface area (Å²) in [6, 6.07) is 13.8. The van der Waals surface area contributed by atoms with Crippen LogP contribution in [-0.2, 0) is 14.3 Å². The molecule has 2 aromatic carbocycles. The molecule has 0 fully saturated rings. The van der Waals surface area contributed by atoms with Crippen molar-refractivity contribution < 1.29 is 14.3 Å². The molecular formula is C29H29ClN2O3. The van der Waals surface area contributed by atoms with Crippen LogP contribution in [0.25, 0.3) is 11.8 Å². The molecule has 0 atom stereocenters. The Morgan fingerprint density at radius 3 is 2.17 bits per heavy atom. The maximum Gasteiger partial charge on any atom is 0.340 e. The van der Waals surface area contributed by atoms with Crippen LogP contribution >= 0.6 is 11.6 Å². The summed E-state index contributed by atoms with van der Waals surface area (Å²) in [5.74, 6) is -0.790. The third-order valence-corrected chi connectivity index (χ3v) is 7.13. The van der Waals surface area contributed by atoms with E-state index in [0.29, 0.717) is 16.3 Å². The van der Waals surface area contributed by atoms with Gasteiger partial charge in [0.25, 0.3) is 5.91 Å². The first-order chi connectivity index (χ1) is 16.5. The Balaban J connectivity index is 1.85. The Bertz CT molecular complexity index is 1440. The summed E-state index contributed by atoms with van der Waals surface area (Å²) in [5.41, 5.74) is 8.79. The van der Waals surface area contributed by atoms with E-state index < -0.39 is 5.97 Å². The van der Waals surface area contributed by atoms with Gasteiger partial charge in [-0.3, -0.25) is 9.69 Å². The van der Waals surface area contributed by atoms with Crippen molar-refractivity contribution in [2.45, 2.75) is 41.5 Å². The monoisotopic (exact) mass is 488 g/mol. The first kappa shape index (κ1) is 24.6. The molecule has 1 amide bonds. The molecule has 6 heteroatoms. The summed E-state index contributed by atoms with van der Waals surface area (Å²) in [5, 5.41) is 0.691. The van der Waals surface area contributed by atoms with Gasteiger partial charge in [-0.15, -0.1) is 0 Å². The molecule has 3 aromatic rings. The molecule has 0 saturated heterocycles. The molecule has 4 rings (SSSR count). The highest BCUT2D eigenvalue weighted by Crippen LogP contribution is 2.37. The summed E-state index contributed by atoms with van der Waals surface area (Å²) in [6.07, 6.45) is 1.79. The molecule has 0 saturated carbocycles. The number of carbonyl (C=O) groups excluding carboxylic acids is 2. The zero-order valence-corrected chi connectivity index (χ0v) is 21.9. The fourth-order valence-electron chi connectivity index (χ4n) is 4.56. The first-order valence-electron chi connectivity index (χ1n) is 11.4. The van der Waals surface area contributed by atoms with Crippen molar-refractivity contribution in [3.05, 3.63) is 98.0 Å². The second-order valence-corrected chi connectivity index (χ2v) is 9.42. The van der Waals surface area contributed by atoms with Gasteiger partial charge in [0.05, 0.1) is 18.3 Å². The topological polar surface area (TPSA) is 51.5 Å². The maximum atomic E-state index is 13.7. The summed E-state index contributed by atoms with van der Waals surface area (Å²) in [4.78, 5) is 28.1. The standard InChI is InChI=1S/C29H29ClN2O3/c1-16-8-10-23(12-18(16)3)32-21(6)27(29(34)35-7)25(28(32)33)14-22-13-19(4)31(20(22)5)24-11-9-17(2)26(30)15-24/h8-15H,1-7H3/b25-14-. The minimum atomic E-state index is -0.535. The molecule has 1 aliphatic heterocycles. The number of allylic oxidation sites excluding steroid dienone is 1. The normalized spacial score (nSPS) is 14.9. The Morgan fingerprint density at radius 2 is 1.54 bits per heavy atom. The van der Waals surface area contributed by atoms with Crippen LogP contribution in [0, 0.1) is 34.6 Å². The molecule has 0 spiro atoms. The summed E-state index contributed by atoms with van der Waals surface area (Å²) in [6.45, 7) is 11.8. The van der Waals surface area contributed by atoms with E-state index in [4.69, 9.17) is 16.3 Å². The summed E-state index contributed by atoms with van der Waals surface area (Å²) < 4.78 is 7.15. The molecule has 0 radical (unpaired) electrons. The van der Waals surface area contributed by atoms with Crippen LogP contribution in [0.15, 0.2) is 59.3 Å². The third-order valence-electron chi connectivity index (χ3n) is 6.72. The summed E-state index contributed by atoms with van der Waals surface area (Å²) in [7, 11) is 1.33. The number of methoxy groups -OCH3 is 1. The van der Waals surface area contributed by atoms with E-state index in [-0.39, 0.29) is 11.5 Å². The molecule has 180 valence electrons. The Labute approximate surface area is 211 Å². The van der Waals surface area contributed by atoms with Gasteiger partial charge in [-0.1, -0.05) is 23.7 Å². The largest absolute Gasteiger partial charge is 0.465 e. The number of rotatable bonds is 4. The number of hydrogen-bond donors (Lipinski definition) is 0. The van der Waals surface area contributed by atoms with Gasteiger partial charge in [0.1, 0.15) is 0 Å². The molecule has 5 nitrogen and oxygen atoms in total. The van der Waals surface area contributed by atoms with Crippen LogP contribution < -0.4 is 4.90 Å². The molecule has 0 N–H and O–H groups in total. The average Bonchev–Trinajstić information content (AvgIpc) is 3.23. The van der Waals surface area contributed by atoms with E-state index in [2.05, 4.69) is 4.57 Å². The molecule has 0 unspecified atom stereocenters. The van der Waals surface area contributed by atoms with Crippen molar-refractivity contribution in [1.29, 1.82) is 0 Å². The number of ether oxygens (including phenoxy) is 1. The van der Waals surface area contributed by atoms with Crippen molar-refractivity contribution in [2.24, 2.45) is 0 Å². The van der Waals surface area contributed by atoms with E-state index in [1.165, 1.54) is 7.11 Å². The van der Waals surface area contributed by atoms with Gasteiger partial charge in [-0.25, -0.2) is 4.79 Å². The quantitative estimate of drug-likeness (QED) is 0.309. The van der Waals surface area contributed by atoms with Gasteiger partial charge in [-0.2, -0.15) is 0 Å². The first-order valence-corrected chi connectivity index (χ1v) is 11.8. The maximum absolute atomic E-state index is 13.7. The van der Waals surface area contributed by atoms with Gasteiger partial charge in [0, 0.05) is 33.5 Å². The highest BCUT2D eigenvalue weighted by atomic mass is 35.5. The van der Waals surface area contributed by atoms with Crippen LogP contribution in [0.4, 0.5) is 5.69 Å². The van der Waals surface area contributed by atoms with E-state index in [1.807, 2.05) is 77.1 Å². The molecule has 35 heavy (non-hydrogen) atoms. The van der Waals surface area contributed by atoms with Gasteiger partial charge in [0.15, 0.2) is 0 Å². The van der Waals surface area contributed by atoms with Gasteiger partial charge >= 0.3 is 5.97 Å². The highest BCUT2D eigenvalue weighted by molar-refractivity contribution is 6.31. The Morgan fingerprint density at radius 1 is 0.886 bits per heavy atom. The lowest BCUT2D eigenvalue weighted by Gasteiger charge is -2.19. The third kappa shape index (κ3) is 4.21. The number of aromatic nitrogens is 1. The highest BCUT2D eigenvalue weighted by Gasteiger charge is 2.38. The molecular weight excluding hydrogens is 460 g/mol. The molecule has 1 aromatic heterocycles. The van der Waals surface area contributed by atoms with Gasteiger partial charge in [0.2, 0.25) is 0 Å². The zero-order valence-electron chi connectivity index (χ0n) is 21.1. The second-order valence-electron chi connectivity index (χ2n) is 9.01. The number of nitrogens with zero attached hydrogens (tertiary/aromatic N) is 2. The van der Waals surface area contributed by atoms with E-state index in [0.717, 1.165) is 45.0 Å². The number of esters is 1. The van der Waals surface area contributed by atoms with Crippen molar-refractivity contribution >= 4 is 35.2 Å².